The average Bonchev–Trinajstić information content (AvgIpc) is 2.67. The summed E-state index contributed by atoms with van der Waals surface area (Å²) >= 11 is 0. The van der Waals surface area contributed by atoms with E-state index in [4.69, 9.17) is 0 Å². The van der Waals surface area contributed by atoms with Crippen LogP contribution >= 0.6 is 0 Å². The molecule has 0 radical (unpaired) electrons. The molecule has 1 aromatic rings. The fourth-order valence-corrected chi connectivity index (χ4v) is 2.65. The van der Waals surface area contributed by atoms with Crippen molar-refractivity contribution in [3.8, 4) is 0 Å². The first-order valence-electron chi connectivity index (χ1n) is 5.49. The van der Waals surface area contributed by atoms with Crippen LogP contribution in [-0.4, -0.2) is 0 Å². The summed E-state index contributed by atoms with van der Waals surface area (Å²) in [6, 6.07) is 10.9. The van der Waals surface area contributed by atoms with Crippen LogP contribution < -0.4 is 0 Å². The molecule has 1 fully saturated rings. The summed E-state index contributed by atoms with van der Waals surface area (Å²) in [5.41, 5.74) is 2.86. The van der Waals surface area contributed by atoms with Gasteiger partial charge in [0.25, 0.3) is 0 Å². The van der Waals surface area contributed by atoms with Gasteiger partial charge in [-0.15, -0.1) is 0 Å². The molecule has 1 saturated carbocycles. The molecule has 2 atom stereocenters. The fourth-order valence-electron chi connectivity index (χ4n) is 2.65. The highest BCUT2D eigenvalue weighted by Gasteiger charge is 2.28. The van der Waals surface area contributed by atoms with Crippen LogP contribution in [0.5, 0.6) is 0 Å². The maximum atomic E-state index is 4.11. The molecule has 0 heterocycles. The first-order chi connectivity index (χ1) is 6.79. The normalized spacial score (nSPS) is 26.4. The zero-order valence-electron chi connectivity index (χ0n) is 8.87. The summed E-state index contributed by atoms with van der Waals surface area (Å²) in [7, 11) is 0. The van der Waals surface area contributed by atoms with Gasteiger partial charge in [-0.05, 0) is 37.2 Å². The summed E-state index contributed by atoms with van der Waals surface area (Å²) in [6.07, 6.45) is 4.02. The van der Waals surface area contributed by atoms with Crippen molar-refractivity contribution in [2.75, 3.05) is 0 Å². The lowest BCUT2D eigenvalue weighted by Gasteiger charge is -2.19. The van der Waals surface area contributed by atoms with E-state index in [1.807, 2.05) is 0 Å². The first-order valence-corrected chi connectivity index (χ1v) is 5.49. The molecular weight excluding hydrogens is 168 g/mol. The summed E-state index contributed by atoms with van der Waals surface area (Å²) < 4.78 is 0. The zero-order chi connectivity index (χ0) is 9.97. The molecular formula is C14H18. The van der Waals surface area contributed by atoms with Crippen molar-refractivity contribution in [3.63, 3.8) is 0 Å². The van der Waals surface area contributed by atoms with Gasteiger partial charge in [-0.25, -0.2) is 0 Å². The predicted molar refractivity (Wildman–Crippen MR) is 61.3 cm³/mol. The Labute approximate surface area is 86.7 Å². The van der Waals surface area contributed by atoms with Gasteiger partial charge in [-0.1, -0.05) is 48.9 Å². The van der Waals surface area contributed by atoms with Crippen molar-refractivity contribution in [1.82, 2.24) is 0 Å². The van der Waals surface area contributed by atoms with Gasteiger partial charge in [0.15, 0.2) is 0 Å². The van der Waals surface area contributed by atoms with Crippen LogP contribution in [0.2, 0.25) is 0 Å². The van der Waals surface area contributed by atoms with E-state index in [1.165, 1.54) is 30.4 Å². The monoisotopic (exact) mass is 186 g/mol. The summed E-state index contributed by atoms with van der Waals surface area (Å²) in [5, 5.41) is 0. The largest absolute Gasteiger partial charge is 0.0998 e. The highest BCUT2D eigenvalue weighted by atomic mass is 14.3. The quantitative estimate of drug-likeness (QED) is 0.609. The Kier molecular flexibility index (Phi) is 2.72. The first kappa shape index (κ1) is 9.51. The van der Waals surface area contributed by atoms with Crippen LogP contribution in [0.25, 0.3) is 0 Å². The molecule has 0 heteroatoms. The van der Waals surface area contributed by atoms with Gasteiger partial charge < -0.3 is 0 Å². The lowest BCUT2D eigenvalue weighted by atomic mass is 9.85. The van der Waals surface area contributed by atoms with Gasteiger partial charge in [0.1, 0.15) is 0 Å². The van der Waals surface area contributed by atoms with E-state index >= 15 is 0 Å². The van der Waals surface area contributed by atoms with Crippen molar-refractivity contribution in [2.24, 2.45) is 5.92 Å². The Morgan fingerprint density at radius 2 is 1.93 bits per heavy atom. The lowest BCUT2D eigenvalue weighted by molar-refractivity contribution is 0.561. The van der Waals surface area contributed by atoms with Crippen molar-refractivity contribution >= 4 is 0 Å². The third kappa shape index (κ3) is 1.75. The number of hydrogen-bond acceptors (Lipinski definition) is 0. The van der Waals surface area contributed by atoms with E-state index in [9.17, 15) is 0 Å². The average molecular weight is 186 g/mol. The van der Waals surface area contributed by atoms with Crippen molar-refractivity contribution in [1.29, 1.82) is 0 Å². The molecule has 0 bridgehead atoms. The minimum absolute atomic E-state index is 0.720. The summed E-state index contributed by atoms with van der Waals surface area (Å²) in [4.78, 5) is 0. The Hall–Kier alpha value is -1.04. The van der Waals surface area contributed by atoms with E-state index in [0.29, 0.717) is 0 Å². The Bertz CT molecular complexity index is 310. The number of benzene rings is 1. The molecule has 1 aromatic carbocycles. The van der Waals surface area contributed by atoms with E-state index < -0.39 is 0 Å². The van der Waals surface area contributed by atoms with Crippen LogP contribution in [0.15, 0.2) is 42.5 Å². The highest BCUT2D eigenvalue weighted by molar-refractivity contribution is 5.24. The molecule has 0 N–H and O–H groups in total. The van der Waals surface area contributed by atoms with Gasteiger partial charge in [0, 0.05) is 0 Å². The molecule has 1 aliphatic carbocycles. The lowest BCUT2D eigenvalue weighted by Crippen LogP contribution is -2.06. The molecule has 0 spiro atoms. The van der Waals surface area contributed by atoms with Crippen LogP contribution in [0.3, 0.4) is 0 Å². The topological polar surface area (TPSA) is 0 Å². The summed E-state index contributed by atoms with van der Waals surface area (Å²) in [5.74, 6) is 1.45. The molecule has 2 rings (SSSR count). The minimum Gasteiger partial charge on any atom is -0.0998 e. The minimum atomic E-state index is 0.720. The molecule has 0 unspecified atom stereocenters. The molecule has 14 heavy (non-hydrogen) atoms. The fraction of sp³-hybridized carbons (Fsp3) is 0.429. The van der Waals surface area contributed by atoms with Gasteiger partial charge in [0.2, 0.25) is 0 Å². The molecule has 74 valence electrons. The highest BCUT2D eigenvalue weighted by Crippen LogP contribution is 2.42. The predicted octanol–water partition coefficient (Wildman–Crippen LogP) is 4.15. The van der Waals surface area contributed by atoms with E-state index in [0.717, 1.165) is 11.8 Å². The third-order valence-electron chi connectivity index (χ3n) is 3.38. The molecule has 1 aliphatic rings. The van der Waals surface area contributed by atoms with Gasteiger partial charge in [-0.2, -0.15) is 0 Å². The molecule has 0 amide bonds. The molecule has 0 aromatic heterocycles. The van der Waals surface area contributed by atoms with Crippen molar-refractivity contribution in [3.05, 3.63) is 48.0 Å². The number of hydrogen-bond donors (Lipinski definition) is 0. The number of allylic oxidation sites excluding steroid dienone is 1. The van der Waals surface area contributed by atoms with Crippen molar-refractivity contribution < 1.29 is 0 Å². The van der Waals surface area contributed by atoms with Crippen LogP contribution in [0.4, 0.5) is 0 Å². The number of rotatable bonds is 2. The maximum absolute atomic E-state index is 4.11. The van der Waals surface area contributed by atoms with Gasteiger partial charge >= 0.3 is 0 Å². The smallest absolute Gasteiger partial charge is 0.00965 e. The Morgan fingerprint density at radius 1 is 1.21 bits per heavy atom. The van der Waals surface area contributed by atoms with Crippen LogP contribution in [0, 0.1) is 5.92 Å². The van der Waals surface area contributed by atoms with Gasteiger partial charge in [-0.3, -0.25) is 0 Å². The second kappa shape index (κ2) is 4.00. The maximum Gasteiger partial charge on any atom is -0.00965 e. The third-order valence-corrected chi connectivity index (χ3v) is 3.38. The standard InChI is InChI=1S/C14H18/c1-11(2)13-9-6-10-14(13)12-7-4-3-5-8-12/h3-5,7-8,13-14H,1,6,9-10H2,2H3/t13-,14-/m1/s1. The molecule has 0 nitrogen and oxygen atoms in total. The SMILES string of the molecule is C=C(C)[C@H]1CCC[C@@H]1c1ccccc1. The molecule has 0 saturated heterocycles. The van der Waals surface area contributed by atoms with Gasteiger partial charge in [0.05, 0.1) is 0 Å². The Morgan fingerprint density at radius 3 is 2.57 bits per heavy atom. The Balaban J connectivity index is 2.22. The van der Waals surface area contributed by atoms with E-state index in [-0.39, 0.29) is 0 Å². The van der Waals surface area contributed by atoms with Crippen molar-refractivity contribution in [2.45, 2.75) is 32.1 Å². The zero-order valence-corrected chi connectivity index (χ0v) is 8.87. The second-order valence-electron chi connectivity index (χ2n) is 4.40. The molecule has 0 aliphatic heterocycles. The van der Waals surface area contributed by atoms with Crippen LogP contribution in [0.1, 0.15) is 37.7 Å². The van der Waals surface area contributed by atoms with E-state index in [2.05, 4.69) is 43.8 Å². The summed E-state index contributed by atoms with van der Waals surface area (Å²) in [6.45, 7) is 6.29. The van der Waals surface area contributed by atoms with Crippen LogP contribution in [-0.2, 0) is 0 Å². The van der Waals surface area contributed by atoms with E-state index in [1.54, 1.807) is 0 Å². The second-order valence-corrected chi connectivity index (χ2v) is 4.40.